The SMILES string of the molecule is NC(=O)c1ccc(F)cc1-n1cnc(-c2ccccc2)c1. The first kappa shape index (κ1) is 13.1. The molecule has 0 spiro atoms. The predicted octanol–water partition coefficient (Wildman–Crippen LogP) is 2.78. The van der Waals surface area contributed by atoms with E-state index in [4.69, 9.17) is 5.73 Å². The maximum absolute atomic E-state index is 13.4. The van der Waals surface area contributed by atoms with Crippen LogP contribution in [0.3, 0.4) is 0 Å². The first-order valence-corrected chi connectivity index (χ1v) is 6.34. The standard InChI is InChI=1S/C16H12FN3O/c17-12-6-7-13(16(18)21)15(8-12)20-9-14(19-10-20)11-4-2-1-3-5-11/h1-10H,(H2,18,21). The Kier molecular flexibility index (Phi) is 3.23. The number of aromatic nitrogens is 2. The first-order chi connectivity index (χ1) is 10.1. The van der Waals surface area contributed by atoms with Crippen LogP contribution in [-0.2, 0) is 0 Å². The van der Waals surface area contributed by atoms with E-state index in [1.54, 1.807) is 10.8 Å². The van der Waals surface area contributed by atoms with Gasteiger partial charge in [-0.25, -0.2) is 9.37 Å². The molecule has 1 amide bonds. The molecule has 0 saturated heterocycles. The van der Waals surface area contributed by atoms with Gasteiger partial charge in [-0.05, 0) is 18.2 Å². The minimum absolute atomic E-state index is 0.244. The Labute approximate surface area is 120 Å². The Morgan fingerprint density at radius 3 is 2.62 bits per heavy atom. The van der Waals surface area contributed by atoms with Gasteiger partial charge in [0.1, 0.15) is 5.82 Å². The third-order valence-corrected chi connectivity index (χ3v) is 3.16. The minimum Gasteiger partial charge on any atom is -0.366 e. The van der Waals surface area contributed by atoms with Crippen LogP contribution in [0.5, 0.6) is 0 Å². The Balaban J connectivity index is 2.08. The van der Waals surface area contributed by atoms with Crippen LogP contribution in [0, 0.1) is 5.82 Å². The Bertz CT molecular complexity index is 796. The highest BCUT2D eigenvalue weighted by Crippen LogP contribution is 2.21. The lowest BCUT2D eigenvalue weighted by Gasteiger charge is -2.07. The van der Waals surface area contributed by atoms with Crippen LogP contribution in [0.25, 0.3) is 16.9 Å². The number of nitrogens with two attached hydrogens (primary N) is 1. The van der Waals surface area contributed by atoms with Crippen LogP contribution in [0.4, 0.5) is 4.39 Å². The molecule has 0 atom stereocenters. The van der Waals surface area contributed by atoms with E-state index in [0.29, 0.717) is 5.69 Å². The van der Waals surface area contributed by atoms with E-state index in [1.807, 2.05) is 30.3 Å². The van der Waals surface area contributed by atoms with Crippen molar-refractivity contribution in [3.05, 3.63) is 72.4 Å². The lowest BCUT2D eigenvalue weighted by Crippen LogP contribution is -2.14. The quantitative estimate of drug-likeness (QED) is 0.802. The third kappa shape index (κ3) is 2.53. The van der Waals surface area contributed by atoms with Gasteiger partial charge in [-0.15, -0.1) is 0 Å². The van der Waals surface area contributed by atoms with Gasteiger partial charge in [-0.2, -0.15) is 0 Å². The molecule has 4 nitrogen and oxygen atoms in total. The molecule has 104 valence electrons. The van der Waals surface area contributed by atoms with Crippen molar-refractivity contribution in [1.82, 2.24) is 9.55 Å². The summed E-state index contributed by atoms with van der Waals surface area (Å²) in [7, 11) is 0. The van der Waals surface area contributed by atoms with Gasteiger partial charge in [0.15, 0.2) is 0 Å². The number of primary amides is 1. The number of rotatable bonds is 3. The second kappa shape index (κ2) is 5.20. The normalized spacial score (nSPS) is 10.5. The van der Waals surface area contributed by atoms with E-state index in [2.05, 4.69) is 4.98 Å². The second-order valence-electron chi connectivity index (χ2n) is 4.56. The minimum atomic E-state index is -0.611. The van der Waals surface area contributed by atoms with Crippen LogP contribution >= 0.6 is 0 Å². The highest BCUT2D eigenvalue weighted by Gasteiger charge is 2.12. The highest BCUT2D eigenvalue weighted by molar-refractivity contribution is 5.96. The van der Waals surface area contributed by atoms with Gasteiger partial charge in [0.25, 0.3) is 5.91 Å². The zero-order chi connectivity index (χ0) is 14.8. The van der Waals surface area contributed by atoms with Gasteiger partial charge < -0.3 is 10.3 Å². The first-order valence-electron chi connectivity index (χ1n) is 6.34. The molecule has 2 N–H and O–H groups in total. The number of halogens is 1. The average Bonchev–Trinajstić information content (AvgIpc) is 2.97. The zero-order valence-electron chi connectivity index (χ0n) is 11.0. The van der Waals surface area contributed by atoms with Crippen molar-refractivity contribution in [2.24, 2.45) is 5.73 Å². The molecule has 1 aromatic heterocycles. The maximum atomic E-state index is 13.4. The van der Waals surface area contributed by atoms with Crippen LogP contribution < -0.4 is 5.73 Å². The second-order valence-corrected chi connectivity index (χ2v) is 4.56. The zero-order valence-corrected chi connectivity index (χ0v) is 11.0. The summed E-state index contributed by atoms with van der Waals surface area (Å²) in [6, 6.07) is 13.4. The summed E-state index contributed by atoms with van der Waals surface area (Å²) in [4.78, 5) is 15.7. The summed E-state index contributed by atoms with van der Waals surface area (Å²) in [5.41, 5.74) is 7.61. The number of benzene rings is 2. The molecule has 0 aliphatic rings. The molecular weight excluding hydrogens is 269 g/mol. The molecule has 2 aromatic carbocycles. The largest absolute Gasteiger partial charge is 0.366 e. The summed E-state index contributed by atoms with van der Waals surface area (Å²) in [6.45, 7) is 0. The van der Waals surface area contributed by atoms with E-state index in [-0.39, 0.29) is 5.56 Å². The highest BCUT2D eigenvalue weighted by atomic mass is 19.1. The maximum Gasteiger partial charge on any atom is 0.250 e. The van der Waals surface area contributed by atoms with Crippen molar-refractivity contribution in [3.8, 4) is 16.9 Å². The van der Waals surface area contributed by atoms with Gasteiger partial charge in [-0.1, -0.05) is 30.3 Å². The molecule has 1 heterocycles. The molecule has 3 rings (SSSR count). The third-order valence-electron chi connectivity index (χ3n) is 3.16. The number of carbonyl (C=O) groups excluding carboxylic acids is 1. The van der Waals surface area contributed by atoms with Gasteiger partial charge in [-0.3, -0.25) is 4.79 Å². The Morgan fingerprint density at radius 1 is 1.14 bits per heavy atom. The number of nitrogens with zero attached hydrogens (tertiary/aromatic N) is 2. The summed E-state index contributed by atoms with van der Waals surface area (Å²) in [5.74, 6) is -1.05. The Morgan fingerprint density at radius 2 is 1.90 bits per heavy atom. The summed E-state index contributed by atoms with van der Waals surface area (Å²) in [6.07, 6.45) is 3.26. The van der Waals surface area contributed by atoms with E-state index < -0.39 is 11.7 Å². The lowest BCUT2D eigenvalue weighted by molar-refractivity contribution is 0.100. The van der Waals surface area contributed by atoms with Crippen LogP contribution in [-0.4, -0.2) is 15.5 Å². The molecule has 0 radical (unpaired) electrons. The summed E-state index contributed by atoms with van der Waals surface area (Å²) in [5, 5.41) is 0. The molecule has 0 aliphatic carbocycles. The number of carbonyl (C=O) groups is 1. The molecule has 0 bridgehead atoms. The molecular formula is C16H12FN3O. The van der Waals surface area contributed by atoms with Gasteiger partial charge >= 0.3 is 0 Å². The monoisotopic (exact) mass is 281 g/mol. The van der Waals surface area contributed by atoms with Gasteiger partial charge in [0.05, 0.1) is 23.3 Å². The summed E-state index contributed by atoms with van der Waals surface area (Å²) < 4.78 is 15.0. The van der Waals surface area contributed by atoms with Gasteiger partial charge in [0, 0.05) is 11.8 Å². The fourth-order valence-electron chi connectivity index (χ4n) is 2.14. The van der Waals surface area contributed by atoms with Crippen molar-refractivity contribution in [3.63, 3.8) is 0 Å². The fourth-order valence-corrected chi connectivity index (χ4v) is 2.14. The number of imidazole rings is 1. The molecule has 0 aliphatic heterocycles. The molecule has 21 heavy (non-hydrogen) atoms. The smallest absolute Gasteiger partial charge is 0.250 e. The predicted molar refractivity (Wildman–Crippen MR) is 77.5 cm³/mol. The molecule has 0 unspecified atom stereocenters. The van der Waals surface area contributed by atoms with Crippen molar-refractivity contribution < 1.29 is 9.18 Å². The molecule has 0 fully saturated rings. The summed E-state index contributed by atoms with van der Waals surface area (Å²) >= 11 is 0. The lowest BCUT2D eigenvalue weighted by atomic mass is 10.1. The van der Waals surface area contributed by atoms with Crippen LogP contribution in [0.15, 0.2) is 61.1 Å². The molecule has 3 aromatic rings. The topological polar surface area (TPSA) is 60.9 Å². The van der Waals surface area contributed by atoms with E-state index >= 15 is 0 Å². The van der Waals surface area contributed by atoms with Gasteiger partial charge in [0.2, 0.25) is 0 Å². The average molecular weight is 281 g/mol. The molecule has 0 saturated carbocycles. The van der Waals surface area contributed by atoms with E-state index in [1.165, 1.54) is 24.5 Å². The van der Waals surface area contributed by atoms with E-state index in [9.17, 15) is 9.18 Å². The van der Waals surface area contributed by atoms with Crippen molar-refractivity contribution in [2.45, 2.75) is 0 Å². The van der Waals surface area contributed by atoms with Crippen molar-refractivity contribution >= 4 is 5.91 Å². The Hall–Kier alpha value is -2.95. The fraction of sp³-hybridized carbons (Fsp3) is 0. The number of hydrogen-bond acceptors (Lipinski definition) is 2. The molecule has 5 heteroatoms. The van der Waals surface area contributed by atoms with Crippen molar-refractivity contribution in [1.29, 1.82) is 0 Å². The van der Waals surface area contributed by atoms with Crippen molar-refractivity contribution in [2.75, 3.05) is 0 Å². The van der Waals surface area contributed by atoms with Crippen LogP contribution in [0.2, 0.25) is 0 Å². The van der Waals surface area contributed by atoms with E-state index in [0.717, 1.165) is 11.3 Å². The van der Waals surface area contributed by atoms with Crippen LogP contribution in [0.1, 0.15) is 10.4 Å². The number of amides is 1. The number of hydrogen-bond donors (Lipinski definition) is 1.